The molecule has 0 bridgehead atoms. The van der Waals surface area contributed by atoms with E-state index in [2.05, 4.69) is 55.3 Å². The molecule has 0 saturated heterocycles. The van der Waals surface area contributed by atoms with Crippen LogP contribution in [0.2, 0.25) is 0 Å². The fourth-order valence-electron chi connectivity index (χ4n) is 2.34. The average molecular weight is 318 g/mol. The van der Waals surface area contributed by atoms with Gasteiger partial charge in [0.25, 0.3) is 0 Å². The standard InChI is InChI=1S/C18H26N2OS/c1-15(12-17-6-5-10-21-17)13-20(9-8-19(3)4)14-18-16(2)7-11-22-18/h5-7,10-12H,8-9,13-14H2,1-4H3/b15-12+. The highest BCUT2D eigenvalue weighted by molar-refractivity contribution is 7.10. The summed E-state index contributed by atoms with van der Waals surface area (Å²) >= 11 is 1.85. The van der Waals surface area contributed by atoms with Gasteiger partial charge in [0, 0.05) is 31.1 Å². The van der Waals surface area contributed by atoms with Gasteiger partial charge in [-0.25, -0.2) is 0 Å². The van der Waals surface area contributed by atoms with E-state index >= 15 is 0 Å². The van der Waals surface area contributed by atoms with E-state index in [-0.39, 0.29) is 0 Å². The second-order valence-electron chi connectivity index (χ2n) is 6.05. The van der Waals surface area contributed by atoms with Crippen molar-refractivity contribution in [2.45, 2.75) is 20.4 Å². The maximum atomic E-state index is 5.41. The number of hydrogen-bond donors (Lipinski definition) is 0. The summed E-state index contributed by atoms with van der Waals surface area (Å²) in [5.74, 6) is 0.928. The summed E-state index contributed by atoms with van der Waals surface area (Å²) in [6.07, 6.45) is 3.85. The molecule has 22 heavy (non-hydrogen) atoms. The van der Waals surface area contributed by atoms with Crippen LogP contribution in [-0.4, -0.2) is 43.5 Å². The molecule has 2 aromatic heterocycles. The molecular weight excluding hydrogens is 292 g/mol. The Morgan fingerprint density at radius 1 is 1.27 bits per heavy atom. The number of rotatable bonds is 8. The summed E-state index contributed by atoms with van der Waals surface area (Å²) in [5.41, 5.74) is 2.72. The summed E-state index contributed by atoms with van der Waals surface area (Å²) in [4.78, 5) is 6.21. The zero-order chi connectivity index (χ0) is 15.9. The monoisotopic (exact) mass is 318 g/mol. The lowest BCUT2D eigenvalue weighted by molar-refractivity contribution is 0.251. The molecule has 0 aliphatic rings. The summed E-state index contributed by atoms with van der Waals surface area (Å²) in [5, 5.41) is 2.18. The van der Waals surface area contributed by atoms with Gasteiger partial charge in [-0.05, 0) is 63.2 Å². The Bertz CT molecular complexity index is 584. The molecule has 0 radical (unpaired) electrons. The van der Waals surface area contributed by atoms with Crippen LogP contribution in [-0.2, 0) is 6.54 Å². The molecular formula is C18H26N2OS. The van der Waals surface area contributed by atoms with E-state index in [1.54, 1.807) is 6.26 Å². The van der Waals surface area contributed by atoms with E-state index in [1.165, 1.54) is 16.0 Å². The Kier molecular flexibility index (Phi) is 6.43. The third-order valence-electron chi connectivity index (χ3n) is 3.60. The van der Waals surface area contributed by atoms with Gasteiger partial charge in [0.05, 0.1) is 6.26 Å². The first-order valence-electron chi connectivity index (χ1n) is 7.65. The molecule has 0 N–H and O–H groups in total. The van der Waals surface area contributed by atoms with Gasteiger partial charge in [0.1, 0.15) is 5.76 Å². The number of furan rings is 1. The number of thiophene rings is 1. The van der Waals surface area contributed by atoms with Gasteiger partial charge < -0.3 is 9.32 Å². The first-order chi connectivity index (χ1) is 10.5. The molecule has 0 atom stereocenters. The van der Waals surface area contributed by atoms with E-state index in [0.29, 0.717) is 0 Å². The normalized spacial score (nSPS) is 12.5. The van der Waals surface area contributed by atoms with Crippen LogP contribution in [0.3, 0.4) is 0 Å². The second kappa shape index (κ2) is 8.32. The van der Waals surface area contributed by atoms with Crippen LogP contribution in [0.1, 0.15) is 23.1 Å². The number of likely N-dealkylation sites (N-methyl/N-ethyl adjacent to an activating group) is 1. The largest absolute Gasteiger partial charge is 0.465 e. The summed E-state index contributed by atoms with van der Waals surface area (Å²) in [7, 11) is 4.25. The lowest BCUT2D eigenvalue weighted by Crippen LogP contribution is -2.32. The van der Waals surface area contributed by atoms with Gasteiger partial charge in [-0.1, -0.05) is 5.57 Å². The van der Waals surface area contributed by atoms with Crippen molar-refractivity contribution in [3.63, 3.8) is 0 Å². The Balaban J connectivity index is 2.02. The minimum Gasteiger partial charge on any atom is -0.465 e. The third kappa shape index (κ3) is 5.44. The summed E-state index contributed by atoms with van der Waals surface area (Å²) in [6, 6.07) is 6.13. The quantitative estimate of drug-likeness (QED) is 0.730. The molecule has 0 aromatic carbocycles. The topological polar surface area (TPSA) is 19.6 Å². The Morgan fingerprint density at radius 3 is 2.68 bits per heavy atom. The van der Waals surface area contributed by atoms with Gasteiger partial charge in [-0.3, -0.25) is 4.90 Å². The number of aryl methyl sites for hydroxylation is 1. The second-order valence-corrected chi connectivity index (χ2v) is 7.05. The molecule has 4 heteroatoms. The molecule has 2 heterocycles. The van der Waals surface area contributed by atoms with Crippen LogP contribution in [0.4, 0.5) is 0 Å². The highest BCUT2D eigenvalue weighted by atomic mass is 32.1. The fourth-order valence-corrected chi connectivity index (χ4v) is 3.29. The molecule has 0 spiro atoms. The van der Waals surface area contributed by atoms with Crippen LogP contribution in [0.15, 0.2) is 39.8 Å². The first-order valence-corrected chi connectivity index (χ1v) is 8.53. The predicted octanol–water partition coefficient (Wildman–Crippen LogP) is 4.12. The van der Waals surface area contributed by atoms with Crippen molar-refractivity contribution in [3.05, 3.63) is 51.6 Å². The van der Waals surface area contributed by atoms with Crippen LogP contribution in [0.25, 0.3) is 6.08 Å². The van der Waals surface area contributed by atoms with E-state index < -0.39 is 0 Å². The minimum absolute atomic E-state index is 0.928. The van der Waals surface area contributed by atoms with Crippen molar-refractivity contribution in [2.24, 2.45) is 0 Å². The van der Waals surface area contributed by atoms with Crippen LogP contribution in [0, 0.1) is 6.92 Å². The Labute approximate surface area is 137 Å². The van der Waals surface area contributed by atoms with Crippen molar-refractivity contribution in [2.75, 3.05) is 33.7 Å². The van der Waals surface area contributed by atoms with Gasteiger partial charge in [-0.2, -0.15) is 0 Å². The Morgan fingerprint density at radius 2 is 2.09 bits per heavy atom. The SMILES string of the molecule is C/C(=C\c1ccco1)CN(CCN(C)C)Cc1sccc1C. The maximum absolute atomic E-state index is 5.41. The van der Waals surface area contributed by atoms with Gasteiger partial charge in [0.2, 0.25) is 0 Å². The van der Waals surface area contributed by atoms with E-state index in [9.17, 15) is 0 Å². The molecule has 0 fully saturated rings. The van der Waals surface area contributed by atoms with Crippen molar-refractivity contribution in [3.8, 4) is 0 Å². The molecule has 0 amide bonds. The first kappa shape index (κ1) is 17.0. The highest BCUT2D eigenvalue weighted by Crippen LogP contribution is 2.19. The average Bonchev–Trinajstić information content (AvgIpc) is 3.08. The predicted molar refractivity (Wildman–Crippen MR) is 95.2 cm³/mol. The molecule has 0 unspecified atom stereocenters. The molecule has 2 rings (SSSR count). The third-order valence-corrected chi connectivity index (χ3v) is 4.61. The lowest BCUT2D eigenvalue weighted by Gasteiger charge is -2.24. The summed E-state index contributed by atoms with van der Waals surface area (Å²) < 4.78 is 5.41. The van der Waals surface area contributed by atoms with E-state index in [4.69, 9.17) is 4.42 Å². The zero-order valence-corrected chi connectivity index (χ0v) is 14.8. The Hall–Kier alpha value is -1.36. The molecule has 3 nitrogen and oxygen atoms in total. The van der Waals surface area contributed by atoms with Gasteiger partial charge in [-0.15, -0.1) is 11.3 Å². The fraction of sp³-hybridized carbons (Fsp3) is 0.444. The number of nitrogens with zero attached hydrogens (tertiary/aromatic N) is 2. The lowest BCUT2D eigenvalue weighted by atomic mass is 10.2. The van der Waals surface area contributed by atoms with Gasteiger partial charge >= 0.3 is 0 Å². The van der Waals surface area contributed by atoms with Crippen LogP contribution < -0.4 is 0 Å². The minimum atomic E-state index is 0.928. The smallest absolute Gasteiger partial charge is 0.126 e. The number of hydrogen-bond acceptors (Lipinski definition) is 4. The van der Waals surface area contributed by atoms with Crippen molar-refractivity contribution in [1.82, 2.24) is 9.80 Å². The van der Waals surface area contributed by atoms with E-state index in [0.717, 1.165) is 31.9 Å². The van der Waals surface area contributed by atoms with Crippen molar-refractivity contribution >= 4 is 17.4 Å². The van der Waals surface area contributed by atoms with Crippen molar-refractivity contribution < 1.29 is 4.42 Å². The molecule has 0 saturated carbocycles. The highest BCUT2D eigenvalue weighted by Gasteiger charge is 2.10. The summed E-state index contributed by atoms with van der Waals surface area (Å²) in [6.45, 7) is 8.48. The van der Waals surface area contributed by atoms with Crippen LogP contribution >= 0.6 is 11.3 Å². The molecule has 0 aliphatic carbocycles. The molecule has 0 aliphatic heterocycles. The van der Waals surface area contributed by atoms with E-state index in [1.807, 2.05) is 23.5 Å². The molecule has 2 aromatic rings. The van der Waals surface area contributed by atoms with Crippen molar-refractivity contribution in [1.29, 1.82) is 0 Å². The van der Waals surface area contributed by atoms with Gasteiger partial charge in [0.15, 0.2) is 0 Å². The zero-order valence-electron chi connectivity index (χ0n) is 14.0. The van der Waals surface area contributed by atoms with Crippen LogP contribution in [0.5, 0.6) is 0 Å². The molecule has 120 valence electrons. The maximum Gasteiger partial charge on any atom is 0.126 e.